The van der Waals surface area contributed by atoms with Crippen molar-refractivity contribution >= 4 is 46.0 Å². The number of carbonyl (C=O) groups excluding carboxylic acids is 1. The summed E-state index contributed by atoms with van der Waals surface area (Å²) in [5, 5.41) is 1.39. The second kappa shape index (κ2) is 5.52. The van der Waals surface area contributed by atoms with E-state index in [0.29, 0.717) is 9.23 Å². The molecule has 1 aliphatic rings. The van der Waals surface area contributed by atoms with E-state index in [1.807, 2.05) is 48.7 Å². The fraction of sp³-hybridized carbons (Fsp3) is 0. The first-order valence-electron chi connectivity index (χ1n) is 5.97. The second-order valence-corrected chi connectivity index (χ2v) is 5.80. The first-order valence-corrected chi connectivity index (χ1v) is 7.19. The van der Waals surface area contributed by atoms with Gasteiger partial charge in [-0.05, 0) is 42.6 Å². The number of amides is 1. The number of rotatable bonds is 3. The van der Waals surface area contributed by atoms with Crippen LogP contribution < -0.4 is 5.43 Å². The highest BCUT2D eigenvalue weighted by Crippen LogP contribution is 2.32. The molecule has 1 amide bonds. The van der Waals surface area contributed by atoms with Gasteiger partial charge in [0.2, 0.25) is 0 Å². The fourth-order valence-corrected chi connectivity index (χ4v) is 2.95. The largest absolute Gasteiger partial charge is 0.362 e. The average Bonchev–Trinajstić information content (AvgIpc) is 3.05. The van der Waals surface area contributed by atoms with Gasteiger partial charge in [-0.1, -0.05) is 30.0 Å². The molecule has 20 heavy (non-hydrogen) atoms. The summed E-state index contributed by atoms with van der Waals surface area (Å²) >= 11 is 6.53. The van der Waals surface area contributed by atoms with E-state index in [4.69, 9.17) is 12.2 Å². The predicted octanol–water partition coefficient (Wildman–Crippen LogP) is 3.24. The molecule has 100 valence electrons. The number of para-hydroxylation sites is 1. The molecule has 0 spiro atoms. The average molecular weight is 301 g/mol. The van der Waals surface area contributed by atoms with Gasteiger partial charge in [0.05, 0.1) is 10.6 Å². The zero-order valence-corrected chi connectivity index (χ0v) is 12.0. The summed E-state index contributed by atoms with van der Waals surface area (Å²) in [6.45, 7) is 0. The predicted molar refractivity (Wildman–Crippen MR) is 85.9 cm³/mol. The van der Waals surface area contributed by atoms with E-state index in [0.717, 1.165) is 11.4 Å². The van der Waals surface area contributed by atoms with Crippen molar-refractivity contribution in [3.63, 3.8) is 0 Å². The van der Waals surface area contributed by atoms with E-state index in [9.17, 15) is 4.79 Å². The number of thiocarbonyl (C=S) groups is 1. The highest BCUT2D eigenvalue weighted by Gasteiger charge is 2.32. The van der Waals surface area contributed by atoms with Crippen LogP contribution in [-0.2, 0) is 4.79 Å². The maximum absolute atomic E-state index is 12.3. The number of carbonyl (C=O) groups is 1. The number of benzene rings is 1. The quantitative estimate of drug-likeness (QED) is 0.675. The molecule has 0 bridgehead atoms. The zero-order chi connectivity index (χ0) is 13.9. The van der Waals surface area contributed by atoms with E-state index < -0.39 is 0 Å². The Morgan fingerprint density at radius 2 is 2.00 bits per heavy atom. The number of anilines is 1. The van der Waals surface area contributed by atoms with Crippen LogP contribution in [-0.4, -0.2) is 20.2 Å². The third-order valence-electron chi connectivity index (χ3n) is 2.72. The Kier molecular flexibility index (Phi) is 3.58. The summed E-state index contributed by atoms with van der Waals surface area (Å²) in [7, 11) is 0. The Labute approximate surface area is 125 Å². The van der Waals surface area contributed by atoms with Crippen LogP contribution >= 0.6 is 24.0 Å². The summed E-state index contributed by atoms with van der Waals surface area (Å²) in [5.41, 5.74) is 4.72. The Bertz CT molecular complexity index is 665. The van der Waals surface area contributed by atoms with E-state index in [1.165, 1.54) is 16.8 Å². The molecule has 1 saturated heterocycles. The Morgan fingerprint density at radius 3 is 2.70 bits per heavy atom. The van der Waals surface area contributed by atoms with Gasteiger partial charge in [-0.25, -0.2) is 5.01 Å². The van der Waals surface area contributed by atoms with Gasteiger partial charge in [-0.2, -0.15) is 0 Å². The van der Waals surface area contributed by atoms with Crippen LogP contribution in [0.2, 0.25) is 0 Å². The van der Waals surface area contributed by atoms with Crippen LogP contribution in [0.15, 0.2) is 53.6 Å². The van der Waals surface area contributed by atoms with Crippen LogP contribution in [0, 0.1) is 0 Å². The minimum Gasteiger partial charge on any atom is -0.362 e. The van der Waals surface area contributed by atoms with Crippen molar-refractivity contribution < 1.29 is 4.79 Å². The van der Waals surface area contributed by atoms with Crippen molar-refractivity contribution in [1.82, 2.24) is 9.99 Å². The maximum atomic E-state index is 12.3. The third kappa shape index (κ3) is 2.61. The summed E-state index contributed by atoms with van der Waals surface area (Å²) in [4.78, 5) is 16.0. The number of hydrazine groups is 1. The molecule has 0 atom stereocenters. The highest BCUT2D eigenvalue weighted by atomic mass is 32.2. The smallest absolute Gasteiger partial charge is 0.285 e. The first-order chi connectivity index (χ1) is 9.74. The number of hydrogen-bond acceptors (Lipinski definition) is 4. The number of hydrogen-bond donors (Lipinski definition) is 2. The third-order valence-corrected chi connectivity index (χ3v) is 4.02. The molecular weight excluding hydrogens is 290 g/mol. The molecule has 0 aliphatic carbocycles. The van der Waals surface area contributed by atoms with E-state index in [1.54, 1.807) is 6.08 Å². The van der Waals surface area contributed by atoms with Gasteiger partial charge in [-0.3, -0.25) is 10.2 Å². The molecule has 2 N–H and O–H groups in total. The molecule has 1 aromatic carbocycles. The van der Waals surface area contributed by atoms with Crippen molar-refractivity contribution in [2.45, 2.75) is 0 Å². The van der Waals surface area contributed by atoms with Gasteiger partial charge in [-0.15, -0.1) is 0 Å². The highest BCUT2D eigenvalue weighted by molar-refractivity contribution is 8.26. The summed E-state index contributed by atoms with van der Waals surface area (Å²) in [5.74, 6) is -0.140. The second-order valence-electron chi connectivity index (χ2n) is 4.12. The van der Waals surface area contributed by atoms with Gasteiger partial charge in [0, 0.05) is 11.9 Å². The van der Waals surface area contributed by atoms with Crippen LogP contribution in [0.5, 0.6) is 0 Å². The standard InChI is InChI=1S/C14H11N3OS2/c18-13-12(9-11-7-4-8-15-11)20-14(19)17(13)16-10-5-2-1-3-6-10/h1-9,15-16H. The molecule has 6 heteroatoms. The number of nitrogens with zero attached hydrogens (tertiary/aromatic N) is 1. The van der Waals surface area contributed by atoms with Gasteiger partial charge < -0.3 is 4.98 Å². The maximum Gasteiger partial charge on any atom is 0.285 e. The minimum absolute atomic E-state index is 0.140. The van der Waals surface area contributed by atoms with E-state index in [2.05, 4.69) is 10.4 Å². The Hall–Kier alpha value is -2.05. The van der Waals surface area contributed by atoms with Crippen LogP contribution in [0.4, 0.5) is 5.69 Å². The van der Waals surface area contributed by atoms with Gasteiger partial charge in [0.15, 0.2) is 4.32 Å². The number of aromatic amines is 1. The fourth-order valence-electron chi connectivity index (χ4n) is 1.78. The Morgan fingerprint density at radius 1 is 1.20 bits per heavy atom. The van der Waals surface area contributed by atoms with Crippen molar-refractivity contribution in [3.8, 4) is 0 Å². The molecule has 2 aromatic rings. The Balaban J connectivity index is 1.81. The molecule has 3 rings (SSSR count). The number of thioether (sulfide) groups is 1. The van der Waals surface area contributed by atoms with Crippen molar-refractivity contribution in [2.24, 2.45) is 0 Å². The molecule has 1 aliphatic heterocycles. The van der Waals surface area contributed by atoms with Gasteiger partial charge >= 0.3 is 0 Å². The molecule has 1 fully saturated rings. The van der Waals surface area contributed by atoms with Crippen LogP contribution in [0.1, 0.15) is 5.69 Å². The minimum atomic E-state index is -0.140. The SMILES string of the molecule is O=C1C(=Cc2ccc[nH]2)SC(=S)N1Nc1ccccc1. The lowest BCUT2D eigenvalue weighted by atomic mass is 10.3. The van der Waals surface area contributed by atoms with Crippen molar-refractivity contribution in [2.75, 3.05) is 5.43 Å². The van der Waals surface area contributed by atoms with E-state index >= 15 is 0 Å². The number of aromatic nitrogens is 1. The normalized spacial score (nSPS) is 17.0. The summed E-state index contributed by atoms with van der Waals surface area (Å²) in [6.07, 6.45) is 3.61. The summed E-state index contributed by atoms with van der Waals surface area (Å²) < 4.78 is 0.497. The number of H-pyrrole nitrogens is 1. The molecule has 2 heterocycles. The van der Waals surface area contributed by atoms with Gasteiger partial charge in [0.1, 0.15) is 0 Å². The molecular formula is C14H11N3OS2. The van der Waals surface area contributed by atoms with Crippen LogP contribution in [0.3, 0.4) is 0 Å². The molecule has 0 unspecified atom stereocenters. The number of nitrogens with one attached hydrogen (secondary N) is 2. The lowest BCUT2D eigenvalue weighted by Gasteiger charge is -2.16. The first kappa shape index (κ1) is 13.0. The zero-order valence-electron chi connectivity index (χ0n) is 10.4. The van der Waals surface area contributed by atoms with Gasteiger partial charge in [0.25, 0.3) is 5.91 Å². The van der Waals surface area contributed by atoms with Crippen LogP contribution in [0.25, 0.3) is 6.08 Å². The topological polar surface area (TPSA) is 48.1 Å². The lowest BCUT2D eigenvalue weighted by molar-refractivity contribution is -0.121. The lowest BCUT2D eigenvalue weighted by Crippen LogP contribution is -2.33. The molecule has 4 nitrogen and oxygen atoms in total. The molecule has 0 saturated carbocycles. The molecule has 1 aromatic heterocycles. The van der Waals surface area contributed by atoms with Crippen molar-refractivity contribution in [1.29, 1.82) is 0 Å². The van der Waals surface area contributed by atoms with Crippen molar-refractivity contribution in [3.05, 3.63) is 59.3 Å². The monoisotopic (exact) mass is 301 g/mol. The molecule has 0 radical (unpaired) electrons. The summed E-state index contributed by atoms with van der Waals surface area (Å²) in [6, 6.07) is 13.3. The van der Waals surface area contributed by atoms with E-state index in [-0.39, 0.29) is 5.91 Å².